The van der Waals surface area contributed by atoms with Crippen LogP contribution in [0.15, 0.2) is 35.5 Å². The summed E-state index contributed by atoms with van der Waals surface area (Å²) in [4.78, 5) is 11.4. The number of carbonyl (C=O) groups is 1. The molecule has 2 N–H and O–H groups in total. The van der Waals surface area contributed by atoms with E-state index in [9.17, 15) is 23.1 Å². The third-order valence-electron chi connectivity index (χ3n) is 3.14. The van der Waals surface area contributed by atoms with E-state index in [1.54, 1.807) is 12.1 Å². The molecule has 108 valence electrons. The van der Waals surface area contributed by atoms with E-state index in [0.717, 1.165) is 6.42 Å². The fourth-order valence-corrected chi connectivity index (χ4v) is 2.22. The number of phenols is 1. The smallest absolute Gasteiger partial charge is 0.454 e. The standard InChI is InChI=1S/C14H14F3NO2/c15-14(16,17)13(20)11-6-1-2-7-12(11)18-9-4-3-5-10(19)8-9/h3-5,8,18-19H,1-2,6-7H2. The maximum atomic E-state index is 12.6. The van der Waals surface area contributed by atoms with Crippen LogP contribution in [0.5, 0.6) is 5.75 Å². The predicted octanol–water partition coefficient (Wildman–Crippen LogP) is 3.76. The summed E-state index contributed by atoms with van der Waals surface area (Å²) in [5.74, 6) is -1.77. The molecule has 0 radical (unpaired) electrons. The second-order valence-corrected chi connectivity index (χ2v) is 4.67. The van der Waals surface area contributed by atoms with Gasteiger partial charge in [-0.3, -0.25) is 4.79 Å². The van der Waals surface area contributed by atoms with Gasteiger partial charge >= 0.3 is 6.18 Å². The van der Waals surface area contributed by atoms with E-state index < -0.39 is 12.0 Å². The van der Waals surface area contributed by atoms with Crippen LogP contribution in [0.25, 0.3) is 0 Å². The third kappa shape index (κ3) is 3.31. The van der Waals surface area contributed by atoms with E-state index in [-0.39, 0.29) is 17.7 Å². The molecule has 1 aliphatic rings. The Morgan fingerprint density at radius 1 is 1.20 bits per heavy atom. The van der Waals surface area contributed by atoms with Crippen LogP contribution in [0.1, 0.15) is 25.7 Å². The van der Waals surface area contributed by atoms with Crippen molar-refractivity contribution in [1.82, 2.24) is 0 Å². The lowest BCUT2D eigenvalue weighted by Gasteiger charge is -2.21. The number of carbonyl (C=O) groups excluding carboxylic acids is 1. The molecule has 0 bridgehead atoms. The molecule has 1 aliphatic carbocycles. The third-order valence-corrected chi connectivity index (χ3v) is 3.14. The van der Waals surface area contributed by atoms with Crippen molar-refractivity contribution in [2.24, 2.45) is 0 Å². The first-order chi connectivity index (χ1) is 9.38. The number of allylic oxidation sites excluding steroid dienone is 2. The number of Topliss-reactive ketones (excluding diaryl/α,β-unsaturated/α-hetero) is 1. The Labute approximate surface area is 114 Å². The van der Waals surface area contributed by atoms with Crippen molar-refractivity contribution >= 4 is 11.5 Å². The summed E-state index contributed by atoms with van der Waals surface area (Å²) < 4.78 is 37.7. The van der Waals surface area contributed by atoms with Crippen LogP contribution in [0.3, 0.4) is 0 Å². The first kappa shape index (κ1) is 14.4. The number of alkyl halides is 3. The first-order valence-electron chi connectivity index (χ1n) is 6.27. The highest BCUT2D eigenvalue weighted by Gasteiger charge is 2.41. The highest BCUT2D eigenvalue weighted by atomic mass is 19.4. The summed E-state index contributed by atoms with van der Waals surface area (Å²) in [5, 5.41) is 12.2. The number of anilines is 1. The number of halogens is 3. The summed E-state index contributed by atoms with van der Waals surface area (Å²) in [7, 11) is 0. The molecule has 0 fully saturated rings. The van der Waals surface area contributed by atoms with Crippen molar-refractivity contribution in [1.29, 1.82) is 0 Å². The van der Waals surface area contributed by atoms with Crippen molar-refractivity contribution < 1.29 is 23.1 Å². The molecule has 1 aromatic carbocycles. The number of hydrogen-bond acceptors (Lipinski definition) is 3. The van der Waals surface area contributed by atoms with Gasteiger partial charge in [0.1, 0.15) is 5.75 Å². The van der Waals surface area contributed by atoms with Gasteiger partial charge in [-0.15, -0.1) is 0 Å². The molecular formula is C14H14F3NO2. The number of rotatable bonds is 3. The summed E-state index contributed by atoms with van der Waals surface area (Å²) in [6, 6.07) is 6.06. The van der Waals surface area contributed by atoms with Gasteiger partial charge in [-0.05, 0) is 37.8 Å². The van der Waals surface area contributed by atoms with Crippen molar-refractivity contribution in [3.8, 4) is 5.75 Å². The zero-order chi connectivity index (χ0) is 14.8. The maximum absolute atomic E-state index is 12.6. The van der Waals surface area contributed by atoms with E-state index in [0.29, 0.717) is 24.2 Å². The normalized spacial score (nSPS) is 16.1. The molecule has 20 heavy (non-hydrogen) atoms. The van der Waals surface area contributed by atoms with Crippen molar-refractivity contribution in [3.63, 3.8) is 0 Å². The van der Waals surface area contributed by atoms with E-state index in [4.69, 9.17) is 0 Å². The molecule has 0 atom stereocenters. The molecule has 2 rings (SSSR count). The number of hydrogen-bond donors (Lipinski definition) is 2. The maximum Gasteiger partial charge on any atom is 0.454 e. The molecule has 0 amide bonds. The lowest BCUT2D eigenvalue weighted by molar-refractivity contribution is -0.166. The summed E-state index contributed by atoms with van der Waals surface area (Å²) in [6.07, 6.45) is -3.02. The average Bonchev–Trinajstić information content (AvgIpc) is 2.37. The quantitative estimate of drug-likeness (QED) is 0.889. The van der Waals surface area contributed by atoms with Gasteiger partial charge in [-0.25, -0.2) is 0 Å². The molecule has 0 aromatic heterocycles. The van der Waals surface area contributed by atoms with Crippen molar-refractivity contribution in [2.45, 2.75) is 31.9 Å². The van der Waals surface area contributed by atoms with Gasteiger partial charge in [0.2, 0.25) is 0 Å². The Morgan fingerprint density at radius 3 is 2.55 bits per heavy atom. The zero-order valence-corrected chi connectivity index (χ0v) is 10.6. The van der Waals surface area contributed by atoms with Crippen LogP contribution in [-0.4, -0.2) is 17.1 Å². The van der Waals surface area contributed by atoms with Gasteiger partial charge in [-0.2, -0.15) is 13.2 Å². The number of aromatic hydroxyl groups is 1. The van der Waals surface area contributed by atoms with Gasteiger partial charge in [0.25, 0.3) is 5.78 Å². The summed E-state index contributed by atoms with van der Waals surface area (Å²) in [6.45, 7) is 0. The Bertz CT molecular complexity index is 550. The Morgan fingerprint density at radius 2 is 1.90 bits per heavy atom. The van der Waals surface area contributed by atoms with Crippen molar-refractivity contribution in [3.05, 3.63) is 35.5 Å². The molecule has 0 spiro atoms. The average molecular weight is 285 g/mol. The Balaban J connectivity index is 2.30. The molecule has 3 nitrogen and oxygen atoms in total. The number of ketones is 1. The minimum absolute atomic E-state index is 0.00936. The first-order valence-corrected chi connectivity index (χ1v) is 6.27. The lowest BCUT2D eigenvalue weighted by atomic mass is 9.93. The fraction of sp³-hybridized carbons (Fsp3) is 0.357. The van der Waals surface area contributed by atoms with Crippen LogP contribution in [-0.2, 0) is 4.79 Å². The van der Waals surface area contributed by atoms with E-state index in [1.165, 1.54) is 12.1 Å². The van der Waals surface area contributed by atoms with Crippen LogP contribution >= 0.6 is 0 Å². The van der Waals surface area contributed by atoms with Crippen LogP contribution in [0, 0.1) is 0 Å². The number of benzene rings is 1. The highest BCUT2D eigenvalue weighted by Crippen LogP contribution is 2.32. The minimum atomic E-state index is -4.85. The van der Waals surface area contributed by atoms with Gasteiger partial charge in [-0.1, -0.05) is 6.07 Å². The number of nitrogens with one attached hydrogen (secondary N) is 1. The largest absolute Gasteiger partial charge is 0.508 e. The van der Waals surface area contributed by atoms with E-state index in [2.05, 4.69) is 5.32 Å². The zero-order valence-electron chi connectivity index (χ0n) is 10.6. The number of phenolic OH excluding ortho intramolecular Hbond substituents is 1. The summed E-state index contributed by atoms with van der Waals surface area (Å²) in [5.41, 5.74) is 0.561. The highest BCUT2D eigenvalue weighted by molar-refractivity contribution is 6.00. The van der Waals surface area contributed by atoms with Gasteiger partial charge < -0.3 is 10.4 Å². The monoisotopic (exact) mass is 285 g/mol. The Kier molecular flexibility index (Phi) is 4.01. The van der Waals surface area contributed by atoms with Crippen LogP contribution in [0.4, 0.5) is 18.9 Å². The molecule has 0 heterocycles. The summed E-state index contributed by atoms with van der Waals surface area (Å²) >= 11 is 0. The molecule has 6 heteroatoms. The molecule has 0 aliphatic heterocycles. The van der Waals surface area contributed by atoms with E-state index in [1.807, 2.05) is 0 Å². The Hall–Kier alpha value is -1.98. The van der Waals surface area contributed by atoms with Crippen molar-refractivity contribution in [2.75, 3.05) is 5.32 Å². The van der Waals surface area contributed by atoms with Crippen LogP contribution in [0.2, 0.25) is 0 Å². The minimum Gasteiger partial charge on any atom is -0.508 e. The second-order valence-electron chi connectivity index (χ2n) is 4.67. The molecular weight excluding hydrogens is 271 g/mol. The molecule has 0 saturated carbocycles. The fourth-order valence-electron chi connectivity index (χ4n) is 2.22. The topological polar surface area (TPSA) is 49.3 Å². The van der Waals surface area contributed by atoms with E-state index >= 15 is 0 Å². The lowest BCUT2D eigenvalue weighted by Crippen LogP contribution is -2.28. The van der Waals surface area contributed by atoms with Crippen LogP contribution < -0.4 is 5.32 Å². The molecule has 0 unspecified atom stereocenters. The predicted molar refractivity (Wildman–Crippen MR) is 68.3 cm³/mol. The van der Waals surface area contributed by atoms with Gasteiger partial charge in [0.05, 0.1) is 0 Å². The van der Waals surface area contributed by atoms with Gasteiger partial charge in [0.15, 0.2) is 0 Å². The van der Waals surface area contributed by atoms with Gasteiger partial charge in [0, 0.05) is 23.0 Å². The second kappa shape index (κ2) is 5.56. The molecule has 0 saturated heterocycles. The SMILES string of the molecule is O=C(C1=C(Nc2cccc(O)c2)CCCC1)C(F)(F)F. The molecule has 1 aromatic rings.